The number of carbonyl (C=O) groups is 2. The largest absolute Gasteiger partial charge is 0.494 e. The molecule has 0 aliphatic rings. The molecule has 41 heavy (non-hydrogen) atoms. The van der Waals surface area contributed by atoms with Crippen molar-refractivity contribution in [2.45, 2.75) is 58.0 Å². The maximum atomic E-state index is 14.0. The van der Waals surface area contributed by atoms with E-state index in [1.807, 2.05) is 20.8 Å². The maximum Gasteiger partial charge on any atom is 0.264 e. The number of unbranched alkanes of at least 4 members (excludes halogenated alkanes) is 1. The number of aryl methyl sites for hydroxylation is 1. The Hall–Kier alpha value is -3.56. The second kappa shape index (κ2) is 14.9. The third-order valence-electron chi connectivity index (χ3n) is 6.62. The zero-order valence-electron chi connectivity index (χ0n) is 24.0. The molecule has 2 amide bonds. The summed E-state index contributed by atoms with van der Waals surface area (Å²) in [6.07, 6.45) is 1.71. The highest BCUT2D eigenvalue weighted by Crippen LogP contribution is 2.27. The Balaban J connectivity index is 2.01. The number of rotatable bonds is 14. The van der Waals surface area contributed by atoms with E-state index in [2.05, 4.69) is 5.32 Å². The van der Waals surface area contributed by atoms with Crippen molar-refractivity contribution in [1.82, 2.24) is 10.2 Å². The van der Waals surface area contributed by atoms with Crippen LogP contribution in [0.4, 0.5) is 5.69 Å². The lowest BCUT2D eigenvalue weighted by Gasteiger charge is -2.32. The Morgan fingerprint density at radius 3 is 2.24 bits per heavy atom. The van der Waals surface area contributed by atoms with Gasteiger partial charge < -0.3 is 15.0 Å². The normalized spacial score (nSPS) is 11.9. The number of amides is 2. The number of nitrogens with one attached hydrogen (secondary N) is 1. The molecule has 0 aliphatic heterocycles. The van der Waals surface area contributed by atoms with Crippen LogP contribution in [-0.2, 0) is 26.2 Å². The van der Waals surface area contributed by atoms with E-state index in [4.69, 9.17) is 16.3 Å². The van der Waals surface area contributed by atoms with Crippen molar-refractivity contribution in [3.05, 3.63) is 88.9 Å². The number of ether oxygens (including phenoxy) is 1. The summed E-state index contributed by atoms with van der Waals surface area (Å²) in [7, 11) is -4.15. The lowest BCUT2D eigenvalue weighted by Crippen LogP contribution is -2.51. The predicted molar refractivity (Wildman–Crippen MR) is 163 cm³/mol. The van der Waals surface area contributed by atoms with Gasteiger partial charge in [-0.05, 0) is 75.2 Å². The van der Waals surface area contributed by atoms with E-state index in [1.165, 1.54) is 17.0 Å². The van der Waals surface area contributed by atoms with Gasteiger partial charge in [-0.1, -0.05) is 60.8 Å². The van der Waals surface area contributed by atoms with Crippen LogP contribution >= 0.6 is 11.6 Å². The molecule has 0 aliphatic carbocycles. The minimum absolute atomic E-state index is 0.0303. The molecule has 1 N–H and O–H groups in total. The molecule has 3 aromatic carbocycles. The number of sulfonamides is 1. The average molecular weight is 600 g/mol. The molecule has 0 bridgehead atoms. The molecule has 0 saturated carbocycles. The number of halogens is 1. The van der Waals surface area contributed by atoms with Gasteiger partial charge in [0, 0.05) is 18.1 Å². The predicted octanol–water partition coefficient (Wildman–Crippen LogP) is 5.58. The third-order valence-corrected chi connectivity index (χ3v) is 8.78. The summed E-state index contributed by atoms with van der Waals surface area (Å²) in [4.78, 5) is 28.5. The molecule has 1 atom stereocenters. The molecule has 0 saturated heterocycles. The summed E-state index contributed by atoms with van der Waals surface area (Å²) in [6, 6.07) is 19.1. The minimum Gasteiger partial charge on any atom is -0.494 e. The SMILES string of the molecule is CCCCNC(=O)[C@H](C)N(Cc1ccccc1Cl)C(=O)CN(c1ccc(OCC)cc1)S(=O)(=O)c1ccc(C)cc1. The van der Waals surface area contributed by atoms with Crippen LogP contribution in [0.25, 0.3) is 0 Å². The van der Waals surface area contributed by atoms with E-state index in [-0.39, 0.29) is 17.3 Å². The summed E-state index contributed by atoms with van der Waals surface area (Å²) in [6.45, 7) is 7.81. The first-order chi connectivity index (χ1) is 19.6. The van der Waals surface area contributed by atoms with Gasteiger partial charge in [-0.2, -0.15) is 0 Å². The molecule has 10 heteroatoms. The van der Waals surface area contributed by atoms with Crippen LogP contribution < -0.4 is 14.4 Å². The van der Waals surface area contributed by atoms with Crippen molar-refractivity contribution in [1.29, 1.82) is 0 Å². The summed E-state index contributed by atoms with van der Waals surface area (Å²) in [5.41, 5.74) is 1.84. The molecule has 0 spiro atoms. The van der Waals surface area contributed by atoms with Gasteiger partial charge in [0.25, 0.3) is 10.0 Å². The fourth-order valence-corrected chi connectivity index (χ4v) is 5.78. The monoisotopic (exact) mass is 599 g/mol. The van der Waals surface area contributed by atoms with Crippen molar-refractivity contribution in [2.24, 2.45) is 0 Å². The molecule has 0 fully saturated rings. The van der Waals surface area contributed by atoms with E-state index in [1.54, 1.807) is 67.6 Å². The molecule has 220 valence electrons. The van der Waals surface area contributed by atoms with Crippen molar-refractivity contribution in [2.75, 3.05) is 24.0 Å². The van der Waals surface area contributed by atoms with Gasteiger partial charge in [0.05, 0.1) is 17.2 Å². The van der Waals surface area contributed by atoms with Gasteiger partial charge in [0.15, 0.2) is 0 Å². The van der Waals surface area contributed by atoms with Crippen molar-refractivity contribution in [3.63, 3.8) is 0 Å². The van der Waals surface area contributed by atoms with Gasteiger partial charge in [0.2, 0.25) is 11.8 Å². The van der Waals surface area contributed by atoms with Crippen molar-refractivity contribution < 1.29 is 22.7 Å². The molecule has 0 aromatic heterocycles. The number of carbonyl (C=O) groups excluding carboxylic acids is 2. The third kappa shape index (κ3) is 8.47. The van der Waals surface area contributed by atoms with Crippen molar-refractivity contribution >= 4 is 39.1 Å². The zero-order chi connectivity index (χ0) is 30.0. The topological polar surface area (TPSA) is 96.0 Å². The Bertz CT molecular complexity index is 1410. The highest BCUT2D eigenvalue weighted by molar-refractivity contribution is 7.92. The van der Waals surface area contributed by atoms with E-state index in [9.17, 15) is 18.0 Å². The van der Waals surface area contributed by atoms with Crippen LogP contribution in [-0.4, -0.2) is 50.9 Å². The second-order valence-electron chi connectivity index (χ2n) is 9.69. The zero-order valence-corrected chi connectivity index (χ0v) is 25.5. The number of benzene rings is 3. The Kier molecular flexibility index (Phi) is 11.6. The Morgan fingerprint density at radius 2 is 1.63 bits per heavy atom. The van der Waals surface area contributed by atoms with Crippen LogP contribution in [0, 0.1) is 6.92 Å². The average Bonchev–Trinajstić information content (AvgIpc) is 2.96. The first-order valence-electron chi connectivity index (χ1n) is 13.7. The summed E-state index contributed by atoms with van der Waals surface area (Å²) in [5.74, 6) is -0.298. The van der Waals surface area contributed by atoms with Crippen LogP contribution in [0.2, 0.25) is 5.02 Å². The number of hydrogen-bond donors (Lipinski definition) is 1. The Morgan fingerprint density at radius 1 is 0.976 bits per heavy atom. The fraction of sp³-hybridized carbons (Fsp3) is 0.355. The smallest absolute Gasteiger partial charge is 0.264 e. The molecule has 3 rings (SSSR count). The lowest BCUT2D eigenvalue weighted by atomic mass is 10.1. The van der Waals surface area contributed by atoms with Gasteiger partial charge in [-0.15, -0.1) is 0 Å². The number of hydrogen-bond acceptors (Lipinski definition) is 5. The van der Waals surface area contributed by atoms with Gasteiger partial charge in [-0.3, -0.25) is 13.9 Å². The molecule has 8 nitrogen and oxygen atoms in total. The van der Waals surface area contributed by atoms with E-state index in [0.29, 0.717) is 35.2 Å². The molecule has 0 heterocycles. The van der Waals surface area contributed by atoms with Gasteiger partial charge in [-0.25, -0.2) is 8.42 Å². The maximum absolute atomic E-state index is 14.0. The van der Waals surface area contributed by atoms with Gasteiger partial charge >= 0.3 is 0 Å². The number of nitrogens with zero attached hydrogens (tertiary/aromatic N) is 2. The molecular weight excluding hydrogens is 562 g/mol. The highest BCUT2D eigenvalue weighted by Gasteiger charge is 2.32. The van der Waals surface area contributed by atoms with E-state index >= 15 is 0 Å². The van der Waals surface area contributed by atoms with E-state index < -0.39 is 28.5 Å². The molecule has 0 radical (unpaired) electrons. The van der Waals surface area contributed by atoms with E-state index in [0.717, 1.165) is 22.7 Å². The Labute approximate surface area is 248 Å². The quantitative estimate of drug-likeness (QED) is 0.244. The lowest BCUT2D eigenvalue weighted by molar-refractivity contribution is -0.139. The summed E-state index contributed by atoms with van der Waals surface area (Å²) >= 11 is 6.41. The molecule has 0 unspecified atom stereocenters. The van der Waals surface area contributed by atoms with Crippen molar-refractivity contribution in [3.8, 4) is 5.75 Å². The standard InChI is InChI=1S/C31H38ClN3O5S/c1-5-7-20-33-31(37)24(4)34(21-25-10-8-9-11-29(25)32)30(36)22-35(26-14-16-27(17-15-26)40-6-2)41(38,39)28-18-12-23(3)13-19-28/h8-19,24H,5-7,20-22H2,1-4H3,(H,33,37)/t24-/m0/s1. The minimum atomic E-state index is -4.15. The number of anilines is 1. The van der Waals surface area contributed by atoms with Gasteiger partial charge in [0.1, 0.15) is 18.3 Å². The van der Waals surface area contributed by atoms with Crippen LogP contribution in [0.15, 0.2) is 77.7 Å². The summed E-state index contributed by atoms with van der Waals surface area (Å²) < 4.78 is 34.4. The highest BCUT2D eigenvalue weighted by atomic mass is 35.5. The summed E-state index contributed by atoms with van der Waals surface area (Å²) in [5, 5.41) is 3.32. The van der Waals surface area contributed by atoms with Crippen LogP contribution in [0.3, 0.4) is 0 Å². The first-order valence-corrected chi connectivity index (χ1v) is 15.5. The van der Waals surface area contributed by atoms with Crippen LogP contribution in [0.1, 0.15) is 44.7 Å². The second-order valence-corrected chi connectivity index (χ2v) is 12.0. The van der Waals surface area contributed by atoms with Crippen LogP contribution in [0.5, 0.6) is 5.75 Å². The molecule has 3 aromatic rings. The molecular formula is C31H38ClN3O5S. The first kappa shape index (κ1) is 32.0. The fourth-order valence-electron chi connectivity index (χ4n) is 4.17.